The number of imidazole rings is 1. The molecule has 2 fully saturated rings. The molecular formula is C19H26N4O2. The van der Waals surface area contributed by atoms with Crippen LogP contribution in [-0.4, -0.2) is 45.3 Å². The van der Waals surface area contributed by atoms with Gasteiger partial charge in [-0.25, -0.2) is 9.78 Å². The first-order valence-corrected chi connectivity index (χ1v) is 8.94. The smallest absolute Gasteiger partial charge is 0.407 e. The highest BCUT2D eigenvalue weighted by atomic mass is 16.6. The Kier molecular flexibility index (Phi) is 3.76. The molecule has 1 aromatic carbocycles. The van der Waals surface area contributed by atoms with Crippen molar-refractivity contribution in [3.63, 3.8) is 0 Å². The van der Waals surface area contributed by atoms with E-state index in [1.807, 2.05) is 32.9 Å². The van der Waals surface area contributed by atoms with Gasteiger partial charge in [-0.1, -0.05) is 12.1 Å². The van der Waals surface area contributed by atoms with Crippen molar-refractivity contribution in [2.24, 2.45) is 18.9 Å². The minimum absolute atomic E-state index is 0.270. The predicted molar refractivity (Wildman–Crippen MR) is 96.1 cm³/mol. The average Bonchev–Trinajstić information content (AvgIpc) is 2.88. The van der Waals surface area contributed by atoms with E-state index in [0.29, 0.717) is 11.8 Å². The summed E-state index contributed by atoms with van der Waals surface area (Å²) in [4.78, 5) is 19.1. The molecule has 1 N–H and O–H groups in total. The summed E-state index contributed by atoms with van der Waals surface area (Å²) in [5.41, 5.74) is 1.78. The van der Waals surface area contributed by atoms with Crippen LogP contribution in [0.5, 0.6) is 0 Å². The van der Waals surface area contributed by atoms with Gasteiger partial charge in [-0.05, 0) is 44.7 Å². The SMILES string of the molecule is Cn1c(CN2C[C@@H]3C(NC(=O)OC(C)(C)C)[C@@H]3C2)nc2ccccc21. The van der Waals surface area contributed by atoms with Crippen LogP contribution >= 0.6 is 0 Å². The van der Waals surface area contributed by atoms with Gasteiger partial charge in [0, 0.05) is 26.2 Å². The Morgan fingerprint density at radius 1 is 1.28 bits per heavy atom. The number of nitrogens with zero attached hydrogens (tertiary/aromatic N) is 3. The minimum atomic E-state index is -0.444. The molecule has 1 aliphatic carbocycles. The van der Waals surface area contributed by atoms with Gasteiger partial charge in [0.25, 0.3) is 0 Å². The molecule has 6 heteroatoms. The van der Waals surface area contributed by atoms with E-state index in [1.165, 1.54) is 5.52 Å². The van der Waals surface area contributed by atoms with Crippen LogP contribution < -0.4 is 5.32 Å². The number of alkyl carbamates (subject to hydrolysis) is 1. The zero-order valence-corrected chi connectivity index (χ0v) is 15.3. The second-order valence-electron chi connectivity index (χ2n) is 8.27. The molecule has 134 valence electrons. The van der Waals surface area contributed by atoms with Gasteiger partial charge in [-0.15, -0.1) is 0 Å². The van der Waals surface area contributed by atoms with E-state index >= 15 is 0 Å². The number of fused-ring (bicyclic) bond motifs is 2. The number of carbonyl (C=O) groups excluding carboxylic acids is 1. The van der Waals surface area contributed by atoms with Crippen LogP contribution in [0.2, 0.25) is 0 Å². The zero-order valence-electron chi connectivity index (χ0n) is 15.3. The van der Waals surface area contributed by atoms with E-state index in [4.69, 9.17) is 9.72 Å². The highest BCUT2D eigenvalue weighted by molar-refractivity contribution is 5.75. The van der Waals surface area contributed by atoms with Crippen molar-refractivity contribution in [3.8, 4) is 0 Å². The number of carbonyl (C=O) groups is 1. The standard InChI is InChI=1S/C19H26N4O2/c1-19(2,3)25-18(24)21-17-12-9-23(10-13(12)17)11-16-20-14-7-5-6-8-15(14)22(16)4/h5-8,12-13,17H,9-11H2,1-4H3,(H,21,24)/t12-,13+,17?. The number of hydrogen-bond donors (Lipinski definition) is 1. The Bertz CT molecular complexity index is 795. The lowest BCUT2D eigenvalue weighted by Crippen LogP contribution is -2.38. The quantitative estimate of drug-likeness (QED) is 0.931. The second-order valence-corrected chi connectivity index (χ2v) is 8.27. The van der Waals surface area contributed by atoms with Crippen molar-refractivity contribution in [1.82, 2.24) is 19.8 Å². The number of amides is 1. The fraction of sp³-hybridized carbons (Fsp3) is 0.579. The first kappa shape index (κ1) is 16.4. The number of benzene rings is 1. The van der Waals surface area contributed by atoms with Crippen molar-refractivity contribution in [1.29, 1.82) is 0 Å². The maximum Gasteiger partial charge on any atom is 0.407 e. The summed E-state index contributed by atoms with van der Waals surface area (Å²) >= 11 is 0. The van der Waals surface area contributed by atoms with Crippen LogP contribution in [-0.2, 0) is 18.3 Å². The van der Waals surface area contributed by atoms with Crippen LogP contribution in [0.15, 0.2) is 24.3 Å². The third-order valence-electron chi connectivity index (χ3n) is 5.20. The van der Waals surface area contributed by atoms with Crippen LogP contribution in [0.4, 0.5) is 4.79 Å². The van der Waals surface area contributed by atoms with Gasteiger partial charge in [-0.3, -0.25) is 4.90 Å². The molecule has 1 unspecified atom stereocenters. The fourth-order valence-electron chi connectivity index (χ4n) is 3.94. The number of ether oxygens (including phenoxy) is 1. The molecule has 1 saturated heterocycles. The van der Waals surface area contributed by atoms with Gasteiger partial charge in [-0.2, -0.15) is 0 Å². The summed E-state index contributed by atoms with van der Waals surface area (Å²) in [7, 11) is 2.08. The molecule has 1 saturated carbocycles. The molecule has 1 amide bonds. The van der Waals surface area contributed by atoms with Gasteiger partial charge in [0.2, 0.25) is 0 Å². The monoisotopic (exact) mass is 342 g/mol. The lowest BCUT2D eigenvalue weighted by atomic mass is 10.2. The highest BCUT2D eigenvalue weighted by Gasteiger charge is 2.56. The Labute approximate surface area is 148 Å². The minimum Gasteiger partial charge on any atom is -0.444 e. The number of aromatic nitrogens is 2. The molecule has 1 aromatic heterocycles. The summed E-state index contributed by atoms with van der Waals surface area (Å²) in [6.07, 6.45) is -0.297. The number of piperidine rings is 1. The third kappa shape index (κ3) is 3.23. The molecule has 2 heterocycles. The number of para-hydroxylation sites is 2. The van der Waals surface area contributed by atoms with Gasteiger partial charge >= 0.3 is 6.09 Å². The Morgan fingerprint density at radius 2 is 1.96 bits per heavy atom. The predicted octanol–water partition coefficient (Wildman–Crippen LogP) is 2.53. The van der Waals surface area contributed by atoms with Crippen molar-refractivity contribution in [3.05, 3.63) is 30.1 Å². The fourth-order valence-corrected chi connectivity index (χ4v) is 3.94. The zero-order chi connectivity index (χ0) is 17.8. The number of nitrogens with one attached hydrogen (secondary N) is 1. The van der Waals surface area contributed by atoms with Gasteiger partial charge in [0.1, 0.15) is 11.4 Å². The normalized spacial score (nSPS) is 25.8. The highest BCUT2D eigenvalue weighted by Crippen LogP contribution is 2.46. The van der Waals surface area contributed by atoms with Crippen molar-refractivity contribution in [2.45, 2.75) is 39.0 Å². The molecule has 2 aromatic rings. The van der Waals surface area contributed by atoms with E-state index in [1.54, 1.807) is 0 Å². The van der Waals surface area contributed by atoms with Gasteiger partial charge < -0.3 is 14.6 Å². The van der Waals surface area contributed by atoms with Crippen molar-refractivity contribution >= 4 is 17.1 Å². The van der Waals surface area contributed by atoms with E-state index < -0.39 is 5.60 Å². The number of rotatable bonds is 3. The Hall–Kier alpha value is -2.08. The number of hydrogen-bond acceptors (Lipinski definition) is 4. The molecular weight excluding hydrogens is 316 g/mol. The van der Waals surface area contributed by atoms with Crippen LogP contribution in [0.25, 0.3) is 11.0 Å². The van der Waals surface area contributed by atoms with Crippen molar-refractivity contribution in [2.75, 3.05) is 13.1 Å². The Balaban J connectivity index is 1.32. The topological polar surface area (TPSA) is 59.4 Å². The van der Waals surface area contributed by atoms with Crippen LogP contribution in [0.3, 0.4) is 0 Å². The molecule has 1 aliphatic heterocycles. The molecule has 2 aliphatic rings. The number of aryl methyl sites for hydroxylation is 1. The van der Waals surface area contributed by atoms with Crippen LogP contribution in [0, 0.1) is 11.8 Å². The number of likely N-dealkylation sites (tertiary alicyclic amines) is 1. The second kappa shape index (κ2) is 5.73. The third-order valence-corrected chi connectivity index (χ3v) is 5.20. The summed E-state index contributed by atoms with van der Waals surface area (Å²) < 4.78 is 7.52. The van der Waals surface area contributed by atoms with Crippen LogP contribution in [0.1, 0.15) is 26.6 Å². The molecule has 4 rings (SSSR count). The first-order chi connectivity index (χ1) is 11.8. The van der Waals surface area contributed by atoms with E-state index in [2.05, 4.69) is 34.0 Å². The molecule has 0 spiro atoms. The summed E-state index contributed by atoms with van der Waals surface area (Å²) in [6.45, 7) is 8.54. The molecule has 3 atom stereocenters. The summed E-state index contributed by atoms with van der Waals surface area (Å²) in [6, 6.07) is 8.50. The lowest BCUT2D eigenvalue weighted by molar-refractivity contribution is 0.0513. The average molecular weight is 342 g/mol. The van der Waals surface area contributed by atoms with E-state index in [9.17, 15) is 4.79 Å². The summed E-state index contributed by atoms with van der Waals surface area (Å²) in [5.74, 6) is 2.18. The molecule has 6 nitrogen and oxygen atoms in total. The maximum atomic E-state index is 11.9. The summed E-state index contributed by atoms with van der Waals surface area (Å²) in [5, 5.41) is 3.02. The molecule has 0 bridgehead atoms. The largest absolute Gasteiger partial charge is 0.444 e. The maximum absolute atomic E-state index is 11.9. The first-order valence-electron chi connectivity index (χ1n) is 8.94. The van der Waals surface area contributed by atoms with Gasteiger partial charge in [0.05, 0.1) is 17.6 Å². The van der Waals surface area contributed by atoms with E-state index in [0.717, 1.165) is 31.0 Å². The molecule has 25 heavy (non-hydrogen) atoms. The van der Waals surface area contributed by atoms with Gasteiger partial charge in [0.15, 0.2) is 0 Å². The Morgan fingerprint density at radius 3 is 2.60 bits per heavy atom. The molecule has 0 radical (unpaired) electrons. The van der Waals surface area contributed by atoms with Crippen molar-refractivity contribution < 1.29 is 9.53 Å². The van der Waals surface area contributed by atoms with E-state index in [-0.39, 0.29) is 12.1 Å². The lowest BCUT2D eigenvalue weighted by Gasteiger charge is -2.22.